The third-order valence-corrected chi connectivity index (χ3v) is 1.92. The first-order chi connectivity index (χ1) is 7.29. The molecule has 0 spiro atoms. The highest BCUT2D eigenvalue weighted by Gasteiger charge is 2.05. The number of anilines is 1. The first-order valence-corrected chi connectivity index (χ1v) is 4.62. The van der Waals surface area contributed by atoms with Gasteiger partial charge in [0.25, 0.3) is 5.89 Å². The van der Waals surface area contributed by atoms with Crippen LogP contribution in [0.4, 0.5) is 5.69 Å². The first-order valence-electron chi connectivity index (χ1n) is 4.62. The van der Waals surface area contributed by atoms with Crippen LogP contribution in [0.25, 0.3) is 17.5 Å². The second-order valence-electron chi connectivity index (χ2n) is 3.08. The second-order valence-corrected chi connectivity index (χ2v) is 3.08. The molecule has 1 aromatic carbocycles. The van der Waals surface area contributed by atoms with Crippen LogP contribution in [0.5, 0.6) is 0 Å². The number of hydrogen-bond donors (Lipinski definition) is 1. The molecule has 0 aliphatic heterocycles. The minimum atomic E-state index is 0.504. The molecule has 15 heavy (non-hydrogen) atoms. The predicted molar refractivity (Wildman–Crippen MR) is 58.9 cm³/mol. The molecular weight excluding hydrogens is 190 g/mol. The molecule has 0 radical (unpaired) electrons. The van der Waals surface area contributed by atoms with E-state index in [0.717, 1.165) is 11.3 Å². The maximum absolute atomic E-state index is 5.58. The highest BCUT2D eigenvalue weighted by molar-refractivity contribution is 5.58. The molecule has 0 saturated carbocycles. The minimum Gasteiger partial charge on any atom is -0.399 e. The molecule has 0 amide bonds. The van der Waals surface area contributed by atoms with Gasteiger partial charge in [-0.3, -0.25) is 0 Å². The van der Waals surface area contributed by atoms with Crippen LogP contribution in [0.2, 0.25) is 0 Å². The summed E-state index contributed by atoms with van der Waals surface area (Å²) in [6.07, 6.45) is 3.61. The van der Waals surface area contributed by atoms with Crippen LogP contribution >= 0.6 is 0 Å². The van der Waals surface area contributed by atoms with Crippen molar-refractivity contribution in [2.75, 3.05) is 5.73 Å². The largest absolute Gasteiger partial charge is 0.399 e. The number of benzene rings is 1. The van der Waals surface area contributed by atoms with Crippen molar-refractivity contribution in [1.82, 2.24) is 10.1 Å². The molecule has 76 valence electrons. The van der Waals surface area contributed by atoms with Gasteiger partial charge in [0.15, 0.2) is 0 Å². The highest BCUT2D eigenvalue weighted by atomic mass is 16.5. The van der Waals surface area contributed by atoms with Crippen molar-refractivity contribution in [2.45, 2.75) is 6.92 Å². The molecule has 1 aromatic heterocycles. The Kier molecular flexibility index (Phi) is 2.49. The number of nitrogens with zero attached hydrogens (tertiary/aromatic N) is 2. The monoisotopic (exact) mass is 201 g/mol. The molecule has 0 fully saturated rings. The fraction of sp³-hybridized carbons (Fsp3) is 0.0909. The Morgan fingerprint density at radius 1 is 1.27 bits per heavy atom. The summed E-state index contributed by atoms with van der Waals surface area (Å²) in [4.78, 5) is 4.19. The molecule has 1 heterocycles. The Morgan fingerprint density at radius 2 is 2.00 bits per heavy atom. The van der Waals surface area contributed by atoms with Gasteiger partial charge < -0.3 is 10.3 Å². The Labute approximate surface area is 87.4 Å². The van der Waals surface area contributed by atoms with E-state index in [1.165, 1.54) is 0 Å². The van der Waals surface area contributed by atoms with Gasteiger partial charge in [-0.2, -0.15) is 4.98 Å². The van der Waals surface area contributed by atoms with Gasteiger partial charge in [0.05, 0.1) is 0 Å². The molecule has 2 aromatic rings. The normalized spacial score (nSPS) is 11.0. The Bertz CT molecular complexity index is 471. The third-order valence-electron chi connectivity index (χ3n) is 1.92. The molecule has 2 rings (SSSR count). The summed E-state index contributed by atoms with van der Waals surface area (Å²) >= 11 is 0. The molecule has 4 nitrogen and oxygen atoms in total. The molecule has 0 unspecified atom stereocenters. The average Bonchev–Trinajstić information content (AvgIpc) is 2.68. The van der Waals surface area contributed by atoms with Gasteiger partial charge in [-0.25, -0.2) is 0 Å². The average molecular weight is 201 g/mol. The Morgan fingerprint density at radius 3 is 2.67 bits per heavy atom. The fourth-order valence-electron chi connectivity index (χ4n) is 1.19. The van der Waals surface area contributed by atoms with Crippen molar-refractivity contribution in [3.63, 3.8) is 0 Å². The lowest BCUT2D eigenvalue weighted by Gasteiger charge is -1.94. The van der Waals surface area contributed by atoms with Crippen LogP contribution in [0, 0.1) is 0 Å². The number of allylic oxidation sites excluding steroid dienone is 1. The predicted octanol–water partition coefficient (Wildman–Crippen LogP) is 2.35. The van der Waals surface area contributed by atoms with E-state index in [2.05, 4.69) is 10.1 Å². The van der Waals surface area contributed by atoms with Crippen LogP contribution in [0.1, 0.15) is 12.8 Å². The zero-order chi connectivity index (χ0) is 10.7. The van der Waals surface area contributed by atoms with E-state index < -0.39 is 0 Å². The summed E-state index contributed by atoms with van der Waals surface area (Å²) in [6, 6.07) is 7.33. The number of aromatic nitrogens is 2. The summed E-state index contributed by atoms with van der Waals surface area (Å²) in [5.41, 5.74) is 7.19. The summed E-state index contributed by atoms with van der Waals surface area (Å²) in [5, 5.41) is 3.86. The summed E-state index contributed by atoms with van der Waals surface area (Å²) in [5.74, 6) is 1.08. The molecule has 0 saturated heterocycles. The lowest BCUT2D eigenvalue weighted by molar-refractivity contribution is 0.411. The third kappa shape index (κ3) is 2.04. The van der Waals surface area contributed by atoms with Crippen molar-refractivity contribution < 1.29 is 4.52 Å². The maximum Gasteiger partial charge on any atom is 0.250 e. The molecule has 0 aliphatic rings. The van der Waals surface area contributed by atoms with E-state index in [-0.39, 0.29) is 0 Å². The van der Waals surface area contributed by atoms with Crippen molar-refractivity contribution in [3.8, 4) is 11.4 Å². The number of nitrogen functional groups attached to an aromatic ring is 1. The fourth-order valence-corrected chi connectivity index (χ4v) is 1.19. The van der Waals surface area contributed by atoms with Crippen molar-refractivity contribution in [1.29, 1.82) is 0 Å². The van der Waals surface area contributed by atoms with Gasteiger partial charge in [0, 0.05) is 11.3 Å². The summed E-state index contributed by atoms with van der Waals surface area (Å²) in [6.45, 7) is 1.90. The van der Waals surface area contributed by atoms with Crippen molar-refractivity contribution in [3.05, 3.63) is 36.2 Å². The van der Waals surface area contributed by atoms with Crippen molar-refractivity contribution >= 4 is 11.8 Å². The molecule has 4 heteroatoms. The Balaban J connectivity index is 2.33. The van der Waals surface area contributed by atoms with Crippen LogP contribution in [-0.4, -0.2) is 10.1 Å². The smallest absolute Gasteiger partial charge is 0.250 e. The molecule has 2 N–H and O–H groups in total. The number of nitrogens with two attached hydrogens (primary N) is 1. The zero-order valence-corrected chi connectivity index (χ0v) is 8.34. The standard InChI is InChI=1S/C11H11N3O/c1-2-3-10-13-11(14-15-10)8-4-6-9(12)7-5-8/h2-7H,12H2,1H3. The molecule has 0 bridgehead atoms. The van der Waals surface area contributed by atoms with Crippen LogP contribution < -0.4 is 5.73 Å². The highest BCUT2D eigenvalue weighted by Crippen LogP contribution is 2.17. The second kappa shape index (κ2) is 3.96. The van der Waals surface area contributed by atoms with Crippen LogP contribution in [0.3, 0.4) is 0 Å². The van der Waals surface area contributed by atoms with E-state index in [0.29, 0.717) is 11.7 Å². The molecular formula is C11H11N3O. The topological polar surface area (TPSA) is 64.9 Å². The molecule has 0 aliphatic carbocycles. The van der Waals surface area contributed by atoms with Gasteiger partial charge in [-0.05, 0) is 37.3 Å². The SMILES string of the molecule is CC=Cc1nc(-c2ccc(N)cc2)no1. The first kappa shape index (κ1) is 9.45. The quantitative estimate of drug-likeness (QED) is 0.757. The van der Waals surface area contributed by atoms with Crippen molar-refractivity contribution in [2.24, 2.45) is 0 Å². The van der Waals surface area contributed by atoms with E-state index in [4.69, 9.17) is 10.3 Å². The zero-order valence-electron chi connectivity index (χ0n) is 8.34. The lowest BCUT2D eigenvalue weighted by Crippen LogP contribution is -1.85. The maximum atomic E-state index is 5.58. The summed E-state index contributed by atoms with van der Waals surface area (Å²) < 4.78 is 5.01. The summed E-state index contributed by atoms with van der Waals surface area (Å²) in [7, 11) is 0. The van der Waals surface area contributed by atoms with Gasteiger partial charge in [0.1, 0.15) is 0 Å². The number of rotatable bonds is 2. The van der Waals surface area contributed by atoms with E-state index in [9.17, 15) is 0 Å². The lowest BCUT2D eigenvalue weighted by atomic mass is 10.2. The Hall–Kier alpha value is -2.10. The van der Waals surface area contributed by atoms with Crippen LogP contribution in [-0.2, 0) is 0 Å². The van der Waals surface area contributed by atoms with E-state index >= 15 is 0 Å². The van der Waals surface area contributed by atoms with E-state index in [1.54, 1.807) is 18.2 Å². The van der Waals surface area contributed by atoms with Gasteiger partial charge in [0.2, 0.25) is 5.82 Å². The van der Waals surface area contributed by atoms with Gasteiger partial charge in [-0.15, -0.1) is 0 Å². The van der Waals surface area contributed by atoms with Crippen LogP contribution in [0.15, 0.2) is 34.9 Å². The van der Waals surface area contributed by atoms with Gasteiger partial charge >= 0.3 is 0 Å². The van der Waals surface area contributed by atoms with E-state index in [1.807, 2.05) is 25.1 Å². The number of hydrogen-bond acceptors (Lipinski definition) is 4. The van der Waals surface area contributed by atoms with Gasteiger partial charge in [-0.1, -0.05) is 11.2 Å². The minimum absolute atomic E-state index is 0.504. The molecule has 0 atom stereocenters.